The van der Waals surface area contributed by atoms with E-state index >= 15 is 0 Å². The summed E-state index contributed by atoms with van der Waals surface area (Å²) in [4.78, 5) is 0. The average Bonchev–Trinajstić information content (AvgIpc) is 3.16. The van der Waals surface area contributed by atoms with Gasteiger partial charge in [0.25, 0.3) is 0 Å². The lowest BCUT2D eigenvalue weighted by molar-refractivity contribution is 1.63. The minimum atomic E-state index is -0.612. The molecule has 186 valence electrons. The maximum absolute atomic E-state index is 9.67. The van der Waals surface area contributed by atoms with Gasteiger partial charge in [0.15, 0.2) is 0 Å². The van der Waals surface area contributed by atoms with Gasteiger partial charge in [0, 0.05) is 0 Å². The van der Waals surface area contributed by atoms with Crippen LogP contribution in [0, 0.1) is 0 Å². The van der Waals surface area contributed by atoms with Gasteiger partial charge in [0.2, 0.25) is 0 Å². The molecule has 0 fully saturated rings. The molecule has 40 heavy (non-hydrogen) atoms. The normalized spacial score (nSPS) is 15.7. The van der Waals surface area contributed by atoms with E-state index in [4.69, 9.17) is 8.22 Å². The van der Waals surface area contributed by atoms with Crippen molar-refractivity contribution in [1.82, 2.24) is 0 Å². The predicted molar refractivity (Wildman–Crippen MR) is 173 cm³/mol. The second kappa shape index (κ2) is 9.22. The largest absolute Gasteiger partial charge is 0.0636 e. The fourth-order valence-corrected chi connectivity index (χ4v) is 5.56. The Balaban J connectivity index is 1.68. The molecule has 8 rings (SSSR count). The highest BCUT2D eigenvalue weighted by molar-refractivity contribution is 6.22. The van der Waals surface area contributed by atoms with Crippen molar-refractivity contribution in [2.45, 2.75) is 0 Å². The minimum Gasteiger partial charge on any atom is -0.0616 e. The summed E-state index contributed by atoms with van der Waals surface area (Å²) in [6, 6.07) is 19.3. The van der Waals surface area contributed by atoms with Gasteiger partial charge in [-0.3, -0.25) is 0 Å². The summed E-state index contributed by atoms with van der Waals surface area (Å²) in [5.74, 6) is 0. The van der Waals surface area contributed by atoms with Crippen LogP contribution in [0.5, 0.6) is 0 Å². The zero-order valence-corrected chi connectivity index (χ0v) is 21.1. The van der Waals surface area contributed by atoms with Crippen LogP contribution in [0.15, 0.2) is 157 Å². The molecule has 0 aromatic heterocycles. The maximum atomic E-state index is 9.67. The zero-order chi connectivity index (χ0) is 36.9. The standard InChI is InChI=1S/C40H26/c1-2-13-29-25-32(24-23-27(29)11-1)40-37-20-7-5-18-35(37)39(36-19-6-8-21-38(36)40)31-16-9-15-30(26-31)34-22-10-14-28-12-3-4-17-33(28)34/h1-26H/i5D,6D,7D,8D,9D,15D,16D,18D,19D,20D,21D,26D. The van der Waals surface area contributed by atoms with Crippen molar-refractivity contribution in [3.63, 3.8) is 0 Å². The van der Waals surface area contributed by atoms with Crippen LogP contribution in [0.1, 0.15) is 16.4 Å². The van der Waals surface area contributed by atoms with Crippen molar-refractivity contribution < 1.29 is 16.4 Å². The van der Waals surface area contributed by atoms with Crippen LogP contribution in [0.3, 0.4) is 0 Å². The van der Waals surface area contributed by atoms with E-state index in [0.717, 1.165) is 16.2 Å². The van der Waals surface area contributed by atoms with Crippen LogP contribution in [-0.4, -0.2) is 0 Å². The van der Waals surface area contributed by atoms with E-state index in [9.17, 15) is 8.22 Å². The van der Waals surface area contributed by atoms with Crippen molar-refractivity contribution in [3.05, 3.63) is 157 Å². The molecule has 0 aliphatic heterocycles. The first-order valence-corrected chi connectivity index (χ1v) is 12.9. The van der Waals surface area contributed by atoms with Crippen LogP contribution < -0.4 is 0 Å². The summed E-state index contributed by atoms with van der Waals surface area (Å²) in [5, 5.41) is 2.74. The second-order valence-corrected chi connectivity index (χ2v) is 9.59. The van der Waals surface area contributed by atoms with Crippen LogP contribution in [0.25, 0.3) is 76.5 Å². The van der Waals surface area contributed by atoms with Gasteiger partial charge >= 0.3 is 0 Å². The van der Waals surface area contributed by atoms with Crippen LogP contribution in [0.4, 0.5) is 0 Å². The number of benzene rings is 8. The molecular formula is C40H26. The lowest BCUT2D eigenvalue weighted by Gasteiger charge is -2.18. The summed E-state index contributed by atoms with van der Waals surface area (Å²) in [5.41, 5.74) is 0.556. The molecule has 0 N–H and O–H groups in total. The molecule has 0 spiro atoms. The highest BCUT2D eigenvalue weighted by atomic mass is 14.2. The highest BCUT2D eigenvalue weighted by Crippen LogP contribution is 2.44. The molecule has 0 atom stereocenters. The minimum absolute atomic E-state index is 0.00868. The van der Waals surface area contributed by atoms with E-state index in [2.05, 4.69) is 0 Å². The van der Waals surface area contributed by atoms with Crippen molar-refractivity contribution in [1.29, 1.82) is 0 Å². The summed E-state index contributed by atoms with van der Waals surface area (Å²) in [6.07, 6.45) is 0. The van der Waals surface area contributed by atoms with Gasteiger partial charge in [-0.05, 0) is 88.6 Å². The molecule has 0 heterocycles. The third kappa shape index (κ3) is 3.61. The first kappa shape index (κ1) is 13.7. The van der Waals surface area contributed by atoms with Crippen molar-refractivity contribution in [3.8, 4) is 33.4 Å². The quantitative estimate of drug-likeness (QED) is 0.204. The molecule has 0 aliphatic carbocycles. The Morgan fingerprint density at radius 2 is 0.950 bits per heavy atom. The van der Waals surface area contributed by atoms with E-state index < -0.39 is 60.4 Å². The van der Waals surface area contributed by atoms with E-state index in [-0.39, 0.29) is 55.9 Å². The van der Waals surface area contributed by atoms with Gasteiger partial charge in [-0.25, -0.2) is 0 Å². The molecule has 0 nitrogen and oxygen atoms in total. The number of hydrogen-bond donors (Lipinski definition) is 0. The molecule has 0 saturated carbocycles. The number of hydrogen-bond acceptors (Lipinski definition) is 0. The zero-order valence-electron chi connectivity index (χ0n) is 33.1. The van der Waals surface area contributed by atoms with Gasteiger partial charge in [-0.2, -0.15) is 0 Å². The van der Waals surface area contributed by atoms with E-state index in [1.165, 1.54) is 0 Å². The molecule has 0 unspecified atom stereocenters. The Bertz CT molecular complexity index is 2790. The molecule has 0 saturated heterocycles. The van der Waals surface area contributed by atoms with Crippen molar-refractivity contribution >= 4 is 43.1 Å². The van der Waals surface area contributed by atoms with Gasteiger partial charge in [0.1, 0.15) is 0 Å². The molecular weight excluding hydrogens is 480 g/mol. The molecule has 8 aromatic rings. The third-order valence-corrected chi connectivity index (χ3v) is 7.35. The van der Waals surface area contributed by atoms with Gasteiger partial charge in [-0.1, -0.05) is 145 Å². The predicted octanol–water partition coefficient (Wildman–Crippen LogP) is 11.3. The van der Waals surface area contributed by atoms with Crippen molar-refractivity contribution in [2.75, 3.05) is 0 Å². The topological polar surface area (TPSA) is 0 Å². The van der Waals surface area contributed by atoms with E-state index in [0.29, 0.717) is 16.5 Å². The van der Waals surface area contributed by atoms with Gasteiger partial charge < -0.3 is 0 Å². The summed E-state index contributed by atoms with van der Waals surface area (Å²) >= 11 is 0. The van der Waals surface area contributed by atoms with Crippen LogP contribution in [-0.2, 0) is 0 Å². The van der Waals surface area contributed by atoms with E-state index in [1.807, 2.05) is 54.6 Å². The summed E-state index contributed by atoms with van der Waals surface area (Å²) in [7, 11) is 0. The monoisotopic (exact) mass is 518 g/mol. The Kier molecular flexibility index (Phi) is 3.17. The first-order valence-electron chi connectivity index (χ1n) is 18.9. The Hall–Kier alpha value is -5.20. The summed E-state index contributed by atoms with van der Waals surface area (Å²) < 4.78 is 109. The Morgan fingerprint density at radius 1 is 0.375 bits per heavy atom. The molecule has 8 aromatic carbocycles. The number of fused-ring (bicyclic) bond motifs is 4. The fourth-order valence-electron chi connectivity index (χ4n) is 5.56. The number of rotatable bonds is 3. The molecule has 0 aliphatic rings. The average molecular weight is 519 g/mol. The molecule has 0 radical (unpaired) electrons. The molecule has 0 bridgehead atoms. The van der Waals surface area contributed by atoms with Gasteiger partial charge in [0.05, 0.1) is 16.4 Å². The van der Waals surface area contributed by atoms with Crippen molar-refractivity contribution in [2.24, 2.45) is 0 Å². The smallest absolute Gasteiger partial charge is 0.0616 e. The summed E-state index contributed by atoms with van der Waals surface area (Å²) in [6.45, 7) is 0. The fraction of sp³-hybridized carbons (Fsp3) is 0. The third-order valence-electron chi connectivity index (χ3n) is 7.35. The Morgan fingerprint density at radius 3 is 1.68 bits per heavy atom. The highest BCUT2D eigenvalue weighted by Gasteiger charge is 2.17. The van der Waals surface area contributed by atoms with Crippen LogP contribution >= 0.6 is 0 Å². The molecule has 0 heteroatoms. The van der Waals surface area contributed by atoms with E-state index in [1.54, 1.807) is 30.3 Å². The Labute approximate surface area is 250 Å². The molecule has 0 amide bonds. The SMILES string of the molecule is [2H]c1c([2H])c(-c2cccc3ccccc23)c([2H])c(-c2c3c([2H])c([2H])c([2H])c([2H])c3c(-c3ccc4ccccc4c3)c3c([2H])c([2H])c([2H])c([2H])c23)c1[2H]. The van der Waals surface area contributed by atoms with Crippen LogP contribution in [0.2, 0.25) is 0 Å². The maximum Gasteiger partial charge on any atom is 0.0636 e. The first-order chi connectivity index (χ1) is 24.8. The van der Waals surface area contributed by atoms with Gasteiger partial charge in [-0.15, -0.1) is 0 Å². The second-order valence-electron chi connectivity index (χ2n) is 9.59. The lowest BCUT2D eigenvalue weighted by Crippen LogP contribution is -1.91. The lowest BCUT2D eigenvalue weighted by atomic mass is 9.85.